The van der Waals surface area contributed by atoms with Crippen molar-refractivity contribution in [1.29, 1.82) is 0 Å². The van der Waals surface area contributed by atoms with Crippen LogP contribution in [0.15, 0.2) is 0 Å². The summed E-state index contributed by atoms with van der Waals surface area (Å²) in [7, 11) is -3.22. The lowest BCUT2D eigenvalue weighted by atomic mass is 10.0. The molecule has 1 aliphatic heterocycles. The zero-order valence-corrected chi connectivity index (χ0v) is 17.2. The summed E-state index contributed by atoms with van der Waals surface area (Å²) in [6.07, 6.45) is 5.24. The lowest BCUT2D eigenvalue weighted by Gasteiger charge is -2.35. The normalized spacial score (nSPS) is 19.6. The second-order valence-electron chi connectivity index (χ2n) is 7.29. The fourth-order valence-electron chi connectivity index (χ4n) is 3.84. The molecule has 1 atom stereocenters. The smallest absolute Gasteiger partial charge is 0.251 e. The number of piperidine rings is 1. The third kappa shape index (κ3) is 4.68. The van der Waals surface area contributed by atoms with Crippen LogP contribution < -0.4 is 15.8 Å². The number of nitrogens with zero attached hydrogens (tertiary/aromatic N) is 1. The standard InChI is InChI=1S/C17H26N4O4S2/c1-10(21-8-6-11(7-9-21)20-27(2,24)25)16(23)19-17-14(15(18)22)12-4-3-5-13(12)26-17/h10-11,20H,3-9H2,1-2H3,(H2,18,22)(H,19,23)/t10-/m0/s1. The van der Waals surface area contributed by atoms with E-state index < -0.39 is 15.9 Å². The van der Waals surface area contributed by atoms with Crippen molar-refractivity contribution in [3.63, 3.8) is 0 Å². The minimum absolute atomic E-state index is 0.0896. The zero-order chi connectivity index (χ0) is 19.8. The van der Waals surface area contributed by atoms with E-state index in [0.717, 1.165) is 36.0 Å². The SMILES string of the molecule is C[C@@H](C(=O)Nc1sc2c(c1C(N)=O)CCC2)N1CCC(NS(C)(=O)=O)CC1. The number of aryl methyl sites for hydroxylation is 1. The number of rotatable bonds is 6. The summed E-state index contributed by atoms with van der Waals surface area (Å²) in [4.78, 5) is 27.7. The predicted octanol–water partition coefficient (Wildman–Crippen LogP) is 0.676. The van der Waals surface area contributed by atoms with Gasteiger partial charge in [0.15, 0.2) is 0 Å². The number of carbonyl (C=O) groups excluding carboxylic acids is 2. The summed E-state index contributed by atoms with van der Waals surface area (Å²) in [5.41, 5.74) is 6.99. The Bertz CT molecular complexity index is 841. The summed E-state index contributed by atoms with van der Waals surface area (Å²) < 4.78 is 25.3. The Hall–Kier alpha value is -1.49. The highest BCUT2D eigenvalue weighted by atomic mass is 32.2. The van der Waals surface area contributed by atoms with Gasteiger partial charge in [-0.15, -0.1) is 11.3 Å². The first-order chi connectivity index (χ1) is 12.7. The molecular formula is C17H26N4O4S2. The number of fused-ring (bicyclic) bond motifs is 1. The minimum Gasteiger partial charge on any atom is -0.365 e. The summed E-state index contributed by atoms with van der Waals surface area (Å²) in [6.45, 7) is 3.08. The third-order valence-corrected chi connectivity index (χ3v) is 7.21. The maximum Gasteiger partial charge on any atom is 0.251 e. The van der Waals surface area contributed by atoms with Gasteiger partial charge in [0, 0.05) is 24.0 Å². The quantitative estimate of drug-likeness (QED) is 0.632. The number of sulfonamides is 1. The molecule has 0 spiro atoms. The van der Waals surface area contributed by atoms with Crippen LogP contribution >= 0.6 is 11.3 Å². The first kappa shape index (κ1) is 20.2. The van der Waals surface area contributed by atoms with Crippen molar-refractivity contribution in [2.45, 2.75) is 51.1 Å². The molecule has 1 fully saturated rings. The lowest BCUT2D eigenvalue weighted by molar-refractivity contribution is -0.121. The molecule has 0 bridgehead atoms. The second kappa shape index (κ2) is 7.86. The molecule has 27 heavy (non-hydrogen) atoms. The van der Waals surface area contributed by atoms with Crippen LogP contribution in [0.5, 0.6) is 0 Å². The first-order valence-electron chi connectivity index (χ1n) is 9.12. The van der Waals surface area contributed by atoms with Gasteiger partial charge in [-0.05, 0) is 44.6 Å². The van der Waals surface area contributed by atoms with Gasteiger partial charge in [0.25, 0.3) is 5.91 Å². The van der Waals surface area contributed by atoms with Crippen LogP contribution in [0.1, 0.15) is 47.0 Å². The number of amides is 2. The molecular weight excluding hydrogens is 388 g/mol. The van der Waals surface area contributed by atoms with E-state index in [1.807, 2.05) is 11.8 Å². The van der Waals surface area contributed by atoms with E-state index in [0.29, 0.717) is 36.5 Å². The van der Waals surface area contributed by atoms with Gasteiger partial charge in [-0.1, -0.05) is 0 Å². The third-order valence-electron chi connectivity index (χ3n) is 5.24. The van der Waals surface area contributed by atoms with Gasteiger partial charge in [0.2, 0.25) is 15.9 Å². The highest BCUT2D eigenvalue weighted by Crippen LogP contribution is 2.39. The Kier molecular flexibility index (Phi) is 5.90. The Morgan fingerprint density at radius 1 is 1.26 bits per heavy atom. The van der Waals surface area contributed by atoms with Gasteiger partial charge >= 0.3 is 0 Å². The molecule has 0 saturated carbocycles. The summed E-state index contributed by atoms with van der Waals surface area (Å²) >= 11 is 1.45. The summed E-state index contributed by atoms with van der Waals surface area (Å²) in [5, 5.41) is 3.45. The van der Waals surface area contributed by atoms with E-state index in [1.54, 1.807) is 0 Å². The van der Waals surface area contributed by atoms with E-state index in [-0.39, 0.29) is 18.0 Å². The molecule has 10 heteroatoms. The zero-order valence-electron chi connectivity index (χ0n) is 15.6. The van der Waals surface area contributed by atoms with Crippen LogP contribution in [0.25, 0.3) is 0 Å². The van der Waals surface area contributed by atoms with Crippen LogP contribution in [0.3, 0.4) is 0 Å². The molecule has 1 aromatic heterocycles. The van der Waals surface area contributed by atoms with E-state index in [1.165, 1.54) is 11.3 Å². The topological polar surface area (TPSA) is 122 Å². The molecule has 4 N–H and O–H groups in total. The van der Waals surface area contributed by atoms with Gasteiger partial charge in [-0.25, -0.2) is 13.1 Å². The molecule has 1 saturated heterocycles. The molecule has 1 aromatic rings. The van der Waals surface area contributed by atoms with Crippen LogP contribution in [0.4, 0.5) is 5.00 Å². The lowest BCUT2D eigenvalue weighted by Crippen LogP contribution is -2.50. The number of thiophene rings is 1. The number of nitrogens with one attached hydrogen (secondary N) is 2. The van der Waals surface area contributed by atoms with Crippen molar-refractivity contribution >= 4 is 38.2 Å². The molecule has 0 aromatic carbocycles. The first-order valence-corrected chi connectivity index (χ1v) is 11.8. The number of carbonyl (C=O) groups is 2. The van der Waals surface area contributed by atoms with Crippen molar-refractivity contribution < 1.29 is 18.0 Å². The fourth-order valence-corrected chi connectivity index (χ4v) is 5.98. The molecule has 3 rings (SSSR count). The Morgan fingerprint density at radius 3 is 2.52 bits per heavy atom. The number of nitrogens with two attached hydrogens (primary N) is 1. The van der Waals surface area contributed by atoms with Crippen LogP contribution in [-0.4, -0.2) is 56.6 Å². The maximum absolute atomic E-state index is 12.7. The molecule has 1 aliphatic carbocycles. The molecule has 0 unspecified atom stereocenters. The average molecular weight is 415 g/mol. The van der Waals surface area contributed by atoms with Crippen molar-refractivity contribution in [3.8, 4) is 0 Å². The van der Waals surface area contributed by atoms with Crippen molar-refractivity contribution in [2.24, 2.45) is 5.73 Å². The Morgan fingerprint density at radius 2 is 1.93 bits per heavy atom. The van der Waals surface area contributed by atoms with E-state index in [9.17, 15) is 18.0 Å². The van der Waals surface area contributed by atoms with Crippen molar-refractivity contribution in [1.82, 2.24) is 9.62 Å². The maximum atomic E-state index is 12.7. The van der Waals surface area contributed by atoms with Gasteiger partial charge in [0.1, 0.15) is 5.00 Å². The summed E-state index contributed by atoms with van der Waals surface area (Å²) in [5.74, 6) is -0.669. The predicted molar refractivity (Wildman–Crippen MR) is 106 cm³/mol. The Balaban J connectivity index is 1.62. The monoisotopic (exact) mass is 414 g/mol. The van der Waals surface area contributed by atoms with Gasteiger partial charge < -0.3 is 11.1 Å². The second-order valence-corrected chi connectivity index (χ2v) is 10.2. The molecule has 0 radical (unpaired) electrons. The molecule has 2 amide bonds. The molecule has 8 nitrogen and oxygen atoms in total. The van der Waals surface area contributed by atoms with Crippen LogP contribution in [0, 0.1) is 0 Å². The number of hydrogen-bond acceptors (Lipinski definition) is 6. The number of likely N-dealkylation sites (tertiary alicyclic amines) is 1. The average Bonchev–Trinajstić information content (AvgIpc) is 3.13. The minimum atomic E-state index is -3.22. The number of primary amides is 1. The van der Waals surface area contributed by atoms with Gasteiger partial charge in [-0.2, -0.15) is 0 Å². The largest absolute Gasteiger partial charge is 0.365 e. The van der Waals surface area contributed by atoms with Crippen LogP contribution in [0.2, 0.25) is 0 Å². The van der Waals surface area contributed by atoms with Crippen molar-refractivity contribution in [2.75, 3.05) is 24.7 Å². The van der Waals surface area contributed by atoms with Gasteiger partial charge in [-0.3, -0.25) is 14.5 Å². The van der Waals surface area contributed by atoms with E-state index in [4.69, 9.17) is 5.73 Å². The number of anilines is 1. The molecule has 2 heterocycles. The highest BCUT2D eigenvalue weighted by molar-refractivity contribution is 7.88. The van der Waals surface area contributed by atoms with Crippen molar-refractivity contribution in [3.05, 3.63) is 16.0 Å². The molecule has 150 valence electrons. The Labute approximate surface area is 163 Å². The number of hydrogen-bond donors (Lipinski definition) is 3. The highest BCUT2D eigenvalue weighted by Gasteiger charge is 2.30. The fraction of sp³-hybridized carbons (Fsp3) is 0.647. The van der Waals surface area contributed by atoms with Crippen LogP contribution in [-0.2, 0) is 27.7 Å². The molecule has 2 aliphatic rings. The van der Waals surface area contributed by atoms with Gasteiger partial charge in [0.05, 0.1) is 17.9 Å². The van der Waals surface area contributed by atoms with E-state index >= 15 is 0 Å². The van der Waals surface area contributed by atoms with E-state index in [2.05, 4.69) is 10.0 Å². The summed E-state index contributed by atoms with van der Waals surface area (Å²) in [6, 6.07) is -0.463.